The first-order valence-electron chi connectivity index (χ1n) is 6.78. The molecule has 0 radical (unpaired) electrons. The van der Waals surface area contributed by atoms with E-state index >= 15 is 0 Å². The van der Waals surface area contributed by atoms with Gasteiger partial charge in [0.1, 0.15) is 5.75 Å². The third kappa shape index (κ3) is 2.52. The number of aromatic nitrogens is 2. The van der Waals surface area contributed by atoms with Crippen LogP contribution >= 0.6 is 0 Å². The Balaban J connectivity index is 1.68. The molecule has 1 atom stereocenters. The number of hydrogen-bond donors (Lipinski definition) is 1. The first-order valence-corrected chi connectivity index (χ1v) is 6.78. The molecule has 1 aromatic heterocycles. The molecule has 3 rings (SSSR count). The number of rotatable bonds is 2. The van der Waals surface area contributed by atoms with Gasteiger partial charge in [-0.05, 0) is 31.4 Å². The fourth-order valence-electron chi connectivity index (χ4n) is 2.62. The number of ether oxygens (including phenoxy) is 1. The molecule has 1 aliphatic rings. The molecule has 0 saturated carbocycles. The number of nitrogens with zero attached hydrogens (tertiary/aromatic N) is 2. The van der Waals surface area contributed by atoms with Crippen LogP contribution in [-0.2, 0) is 13.5 Å². The number of amides is 1. The zero-order valence-corrected chi connectivity index (χ0v) is 11.4. The second-order valence-corrected chi connectivity index (χ2v) is 4.96. The van der Waals surface area contributed by atoms with Crippen molar-refractivity contribution in [3.05, 3.63) is 47.8 Å². The Hall–Kier alpha value is -2.30. The van der Waals surface area contributed by atoms with Crippen molar-refractivity contribution in [3.63, 3.8) is 0 Å². The Kier molecular flexibility index (Phi) is 3.41. The van der Waals surface area contributed by atoms with Gasteiger partial charge in [0.05, 0.1) is 12.2 Å². The SMILES string of the molecule is Cn1ncc2c1CCCC2NC(=O)Oc1ccccc1. The fourth-order valence-corrected chi connectivity index (χ4v) is 2.62. The summed E-state index contributed by atoms with van der Waals surface area (Å²) < 4.78 is 7.14. The van der Waals surface area contributed by atoms with E-state index in [4.69, 9.17) is 4.74 Å². The molecule has 0 bridgehead atoms. The van der Waals surface area contributed by atoms with E-state index in [-0.39, 0.29) is 6.04 Å². The molecule has 0 fully saturated rings. The lowest BCUT2D eigenvalue weighted by Crippen LogP contribution is -2.33. The lowest BCUT2D eigenvalue weighted by atomic mass is 9.93. The summed E-state index contributed by atoms with van der Waals surface area (Å²) in [4.78, 5) is 11.9. The minimum absolute atomic E-state index is 0.0105. The van der Waals surface area contributed by atoms with Crippen LogP contribution in [0.3, 0.4) is 0 Å². The number of benzene rings is 1. The highest BCUT2D eigenvalue weighted by Crippen LogP contribution is 2.29. The van der Waals surface area contributed by atoms with E-state index < -0.39 is 6.09 Å². The maximum Gasteiger partial charge on any atom is 0.413 e. The molecule has 1 aliphatic carbocycles. The van der Waals surface area contributed by atoms with E-state index in [0.29, 0.717) is 5.75 Å². The monoisotopic (exact) mass is 271 g/mol. The summed E-state index contributed by atoms with van der Waals surface area (Å²) in [5, 5.41) is 7.19. The molecule has 1 heterocycles. The van der Waals surface area contributed by atoms with Crippen molar-refractivity contribution in [1.29, 1.82) is 0 Å². The largest absolute Gasteiger partial charge is 0.413 e. The summed E-state index contributed by atoms with van der Waals surface area (Å²) in [6.07, 6.45) is 4.39. The number of carbonyl (C=O) groups excluding carboxylic acids is 1. The molecule has 5 heteroatoms. The van der Waals surface area contributed by atoms with Gasteiger partial charge in [-0.1, -0.05) is 18.2 Å². The lowest BCUT2D eigenvalue weighted by molar-refractivity contribution is 0.194. The maximum atomic E-state index is 11.9. The van der Waals surface area contributed by atoms with Crippen LogP contribution in [0.25, 0.3) is 0 Å². The van der Waals surface area contributed by atoms with Gasteiger partial charge in [0.25, 0.3) is 0 Å². The summed E-state index contributed by atoms with van der Waals surface area (Å²) in [5.74, 6) is 0.548. The van der Waals surface area contributed by atoms with Crippen LogP contribution in [0.2, 0.25) is 0 Å². The van der Waals surface area contributed by atoms with Crippen LogP contribution in [0.1, 0.15) is 30.1 Å². The van der Waals surface area contributed by atoms with E-state index in [2.05, 4.69) is 10.4 Å². The Bertz CT molecular complexity index is 607. The van der Waals surface area contributed by atoms with Crippen LogP contribution in [0.5, 0.6) is 5.75 Å². The lowest BCUT2D eigenvalue weighted by Gasteiger charge is -2.23. The van der Waals surface area contributed by atoms with Crippen LogP contribution in [0, 0.1) is 0 Å². The van der Waals surface area contributed by atoms with E-state index in [9.17, 15) is 4.79 Å². The van der Waals surface area contributed by atoms with Gasteiger partial charge in [0.15, 0.2) is 0 Å². The molecule has 20 heavy (non-hydrogen) atoms. The maximum absolute atomic E-state index is 11.9. The molecule has 1 aromatic carbocycles. The topological polar surface area (TPSA) is 56.2 Å². The molecule has 1 unspecified atom stereocenters. The molecule has 104 valence electrons. The first-order chi connectivity index (χ1) is 9.74. The minimum atomic E-state index is -0.419. The van der Waals surface area contributed by atoms with Crippen molar-refractivity contribution >= 4 is 6.09 Å². The van der Waals surface area contributed by atoms with Crippen LogP contribution in [-0.4, -0.2) is 15.9 Å². The van der Waals surface area contributed by atoms with Gasteiger partial charge in [-0.15, -0.1) is 0 Å². The van der Waals surface area contributed by atoms with Gasteiger partial charge >= 0.3 is 6.09 Å². The smallest absolute Gasteiger partial charge is 0.410 e. The summed E-state index contributed by atoms with van der Waals surface area (Å²) >= 11 is 0. The van der Waals surface area contributed by atoms with Gasteiger partial charge in [-0.3, -0.25) is 4.68 Å². The molecular weight excluding hydrogens is 254 g/mol. The second-order valence-electron chi connectivity index (χ2n) is 4.96. The summed E-state index contributed by atoms with van der Waals surface area (Å²) in [7, 11) is 1.93. The first kappa shape index (κ1) is 12.7. The van der Waals surface area contributed by atoms with E-state index in [1.54, 1.807) is 12.1 Å². The third-order valence-electron chi connectivity index (χ3n) is 3.62. The molecule has 2 aromatic rings. The number of fused-ring (bicyclic) bond motifs is 1. The number of carbonyl (C=O) groups is 1. The quantitative estimate of drug-likeness (QED) is 0.913. The summed E-state index contributed by atoms with van der Waals surface area (Å²) in [6, 6.07) is 9.06. The van der Waals surface area contributed by atoms with Gasteiger partial charge < -0.3 is 10.1 Å². The van der Waals surface area contributed by atoms with Gasteiger partial charge in [-0.2, -0.15) is 5.10 Å². The highest BCUT2D eigenvalue weighted by Gasteiger charge is 2.25. The van der Waals surface area contributed by atoms with Crippen molar-refractivity contribution < 1.29 is 9.53 Å². The second kappa shape index (κ2) is 5.36. The normalized spacial score (nSPS) is 17.4. The molecule has 1 N–H and O–H groups in total. The van der Waals surface area contributed by atoms with Crippen LogP contribution in [0.4, 0.5) is 4.79 Å². The average Bonchev–Trinajstić information content (AvgIpc) is 2.83. The van der Waals surface area contributed by atoms with E-state index in [0.717, 1.165) is 24.8 Å². The molecule has 0 saturated heterocycles. The predicted octanol–water partition coefficient (Wildman–Crippen LogP) is 2.59. The van der Waals surface area contributed by atoms with E-state index in [1.165, 1.54) is 5.69 Å². The Morgan fingerprint density at radius 2 is 2.20 bits per heavy atom. The number of aryl methyl sites for hydroxylation is 1. The fraction of sp³-hybridized carbons (Fsp3) is 0.333. The highest BCUT2D eigenvalue weighted by atomic mass is 16.6. The van der Waals surface area contributed by atoms with Gasteiger partial charge in [-0.25, -0.2) is 4.79 Å². The van der Waals surface area contributed by atoms with Gasteiger partial charge in [0.2, 0.25) is 0 Å². The molecule has 0 spiro atoms. The highest BCUT2D eigenvalue weighted by molar-refractivity contribution is 5.71. The average molecular weight is 271 g/mol. The van der Waals surface area contributed by atoms with Crippen molar-refractivity contribution in [1.82, 2.24) is 15.1 Å². The predicted molar refractivity (Wildman–Crippen MR) is 74.5 cm³/mol. The number of nitrogens with one attached hydrogen (secondary N) is 1. The standard InChI is InChI=1S/C15H17N3O2/c1-18-14-9-5-8-13(12(14)10-16-18)17-15(19)20-11-6-3-2-4-7-11/h2-4,6-7,10,13H,5,8-9H2,1H3,(H,17,19). The summed E-state index contributed by atoms with van der Waals surface area (Å²) in [5.41, 5.74) is 2.30. The zero-order valence-electron chi connectivity index (χ0n) is 11.4. The molecular formula is C15H17N3O2. The Morgan fingerprint density at radius 1 is 1.40 bits per heavy atom. The van der Waals surface area contributed by atoms with Crippen molar-refractivity contribution in [3.8, 4) is 5.75 Å². The summed E-state index contributed by atoms with van der Waals surface area (Å²) in [6.45, 7) is 0. The molecule has 5 nitrogen and oxygen atoms in total. The van der Waals surface area contributed by atoms with Crippen LogP contribution in [0.15, 0.2) is 36.5 Å². The van der Waals surface area contributed by atoms with Crippen molar-refractivity contribution in [2.75, 3.05) is 0 Å². The van der Waals surface area contributed by atoms with Crippen molar-refractivity contribution in [2.24, 2.45) is 7.05 Å². The third-order valence-corrected chi connectivity index (χ3v) is 3.62. The zero-order chi connectivity index (χ0) is 13.9. The van der Waals surface area contributed by atoms with Gasteiger partial charge in [0, 0.05) is 18.3 Å². The Morgan fingerprint density at radius 3 is 3.00 bits per heavy atom. The number of para-hydroxylation sites is 1. The Labute approximate surface area is 117 Å². The van der Waals surface area contributed by atoms with Crippen LogP contribution < -0.4 is 10.1 Å². The van der Waals surface area contributed by atoms with Crippen molar-refractivity contribution in [2.45, 2.75) is 25.3 Å². The molecule has 0 aliphatic heterocycles. The van der Waals surface area contributed by atoms with E-state index in [1.807, 2.05) is 36.1 Å². The number of hydrogen-bond acceptors (Lipinski definition) is 3. The molecule has 1 amide bonds. The minimum Gasteiger partial charge on any atom is -0.410 e.